The zero-order chi connectivity index (χ0) is 13.8. The van der Waals surface area contributed by atoms with Gasteiger partial charge in [-0.15, -0.1) is 0 Å². The largest absolute Gasteiger partial charge is 0.368 e. The molecule has 7 nitrogen and oxygen atoms in total. The molecule has 3 amide bonds. The van der Waals surface area contributed by atoms with Gasteiger partial charge in [0.25, 0.3) is 5.91 Å². The summed E-state index contributed by atoms with van der Waals surface area (Å²) in [5.74, 6) is -1.18. The lowest BCUT2D eigenvalue weighted by Gasteiger charge is -2.17. The number of anilines is 1. The number of primary amides is 1. The number of nitrogens with two attached hydrogens (primary N) is 1. The Morgan fingerprint density at radius 3 is 2.89 bits per heavy atom. The minimum atomic E-state index is -0.673. The molecule has 1 aliphatic rings. The van der Waals surface area contributed by atoms with Crippen LogP contribution in [0.25, 0.3) is 0 Å². The second-order valence-electron chi connectivity index (χ2n) is 4.11. The first-order valence-electron chi connectivity index (χ1n) is 5.69. The Kier molecular flexibility index (Phi) is 3.76. The first-order valence-corrected chi connectivity index (χ1v) is 5.69. The third-order valence-electron chi connectivity index (χ3n) is 2.64. The van der Waals surface area contributed by atoms with Gasteiger partial charge >= 0.3 is 0 Å². The Hall–Kier alpha value is -2.41. The molecule has 0 aromatic heterocycles. The van der Waals surface area contributed by atoms with Crippen LogP contribution in [0.1, 0.15) is 22.3 Å². The first kappa shape index (κ1) is 13.0. The number of hydrogen-bond acceptors (Lipinski definition) is 4. The number of fused-ring (bicyclic) bond motifs is 1. The number of amides is 3. The lowest BCUT2D eigenvalue weighted by atomic mass is 10.0. The van der Waals surface area contributed by atoms with Crippen molar-refractivity contribution >= 4 is 23.4 Å². The zero-order valence-electron chi connectivity index (χ0n) is 10.1. The van der Waals surface area contributed by atoms with Crippen molar-refractivity contribution < 1.29 is 19.2 Å². The van der Waals surface area contributed by atoms with Gasteiger partial charge in [-0.2, -0.15) is 0 Å². The number of nitrogens with one attached hydrogen (secondary N) is 2. The Morgan fingerprint density at radius 1 is 1.37 bits per heavy atom. The molecule has 0 saturated heterocycles. The fraction of sp³-hybridized carbons (Fsp3) is 0.250. The Balaban J connectivity index is 2.03. The molecular formula is C12H13N3O4. The fourth-order valence-corrected chi connectivity index (χ4v) is 1.76. The van der Waals surface area contributed by atoms with E-state index in [0.717, 1.165) is 5.56 Å². The quantitative estimate of drug-likeness (QED) is 0.648. The average Bonchev–Trinajstić information content (AvgIpc) is 2.37. The number of aryl methyl sites for hydroxylation is 1. The monoisotopic (exact) mass is 263 g/mol. The van der Waals surface area contributed by atoms with Crippen LogP contribution in [0.2, 0.25) is 0 Å². The lowest BCUT2D eigenvalue weighted by Crippen LogP contribution is -2.29. The van der Waals surface area contributed by atoms with Gasteiger partial charge in [0.05, 0.1) is 0 Å². The van der Waals surface area contributed by atoms with Crippen LogP contribution in [0, 0.1) is 0 Å². The highest BCUT2D eigenvalue weighted by atomic mass is 16.7. The summed E-state index contributed by atoms with van der Waals surface area (Å²) in [5.41, 5.74) is 8.98. The van der Waals surface area contributed by atoms with Crippen LogP contribution in [0.3, 0.4) is 0 Å². The van der Waals surface area contributed by atoms with Gasteiger partial charge in [0, 0.05) is 17.7 Å². The van der Waals surface area contributed by atoms with Gasteiger partial charge in [-0.25, -0.2) is 5.48 Å². The van der Waals surface area contributed by atoms with Crippen LogP contribution >= 0.6 is 0 Å². The number of benzene rings is 1. The van der Waals surface area contributed by atoms with Crippen molar-refractivity contribution in [3.8, 4) is 0 Å². The predicted molar refractivity (Wildman–Crippen MR) is 66.0 cm³/mol. The lowest BCUT2D eigenvalue weighted by molar-refractivity contribution is -0.124. The van der Waals surface area contributed by atoms with Gasteiger partial charge in [-0.05, 0) is 30.2 Å². The van der Waals surface area contributed by atoms with Gasteiger partial charge in [-0.3, -0.25) is 19.2 Å². The molecule has 7 heteroatoms. The predicted octanol–water partition coefficient (Wildman–Crippen LogP) is -0.282. The SMILES string of the molecule is NC(=O)CONC(=O)c1ccc2c(c1)CCC(=O)N2. The van der Waals surface area contributed by atoms with Gasteiger partial charge in [-0.1, -0.05) is 0 Å². The van der Waals surface area contributed by atoms with E-state index < -0.39 is 11.8 Å². The number of carbonyl (C=O) groups is 3. The Bertz CT molecular complexity index is 542. The molecule has 0 atom stereocenters. The van der Waals surface area contributed by atoms with Gasteiger partial charge in [0.2, 0.25) is 11.8 Å². The van der Waals surface area contributed by atoms with E-state index in [-0.39, 0.29) is 12.5 Å². The molecule has 1 heterocycles. The summed E-state index contributed by atoms with van der Waals surface area (Å²) in [6.45, 7) is -0.382. The summed E-state index contributed by atoms with van der Waals surface area (Å²) in [5, 5.41) is 2.72. The van der Waals surface area contributed by atoms with E-state index in [0.29, 0.717) is 24.1 Å². The molecule has 4 N–H and O–H groups in total. The molecule has 0 bridgehead atoms. The normalized spacial score (nSPS) is 13.4. The molecule has 1 aromatic carbocycles. The highest BCUT2D eigenvalue weighted by Crippen LogP contribution is 2.23. The summed E-state index contributed by atoms with van der Waals surface area (Å²) < 4.78 is 0. The number of rotatable bonds is 4. The number of hydrogen-bond donors (Lipinski definition) is 3. The van der Waals surface area contributed by atoms with Gasteiger partial charge in [0.1, 0.15) is 0 Å². The molecular weight excluding hydrogens is 250 g/mol. The van der Waals surface area contributed by atoms with Crippen LogP contribution in [-0.4, -0.2) is 24.3 Å². The average molecular weight is 263 g/mol. The summed E-state index contributed by atoms with van der Waals surface area (Å²) in [6.07, 6.45) is 0.987. The molecule has 0 spiro atoms. The number of hydroxylamine groups is 1. The minimum absolute atomic E-state index is 0.0329. The molecule has 2 rings (SSSR count). The van der Waals surface area contributed by atoms with E-state index in [2.05, 4.69) is 15.6 Å². The van der Waals surface area contributed by atoms with Gasteiger partial charge in [0.15, 0.2) is 6.61 Å². The number of carbonyl (C=O) groups excluding carboxylic acids is 3. The maximum absolute atomic E-state index is 11.7. The maximum Gasteiger partial charge on any atom is 0.274 e. The standard InChI is InChI=1S/C12H13N3O4/c13-10(16)6-19-15-12(18)8-1-3-9-7(5-8)2-4-11(17)14-9/h1,3,5H,2,4,6H2,(H2,13,16)(H,14,17)(H,15,18). The van der Waals surface area contributed by atoms with Crippen LogP contribution in [0.5, 0.6) is 0 Å². The molecule has 100 valence electrons. The van der Waals surface area contributed by atoms with Crippen molar-refractivity contribution in [1.29, 1.82) is 0 Å². The second-order valence-corrected chi connectivity index (χ2v) is 4.11. The summed E-state index contributed by atoms with van der Waals surface area (Å²) in [7, 11) is 0. The first-order chi connectivity index (χ1) is 9.06. The second kappa shape index (κ2) is 5.49. The molecule has 0 aliphatic carbocycles. The van der Waals surface area contributed by atoms with Crippen molar-refractivity contribution in [2.24, 2.45) is 5.73 Å². The van der Waals surface area contributed by atoms with E-state index in [1.165, 1.54) is 0 Å². The van der Waals surface area contributed by atoms with E-state index in [1.807, 2.05) is 0 Å². The van der Waals surface area contributed by atoms with E-state index >= 15 is 0 Å². The molecule has 1 aromatic rings. The van der Waals surface area contributed by atoms with Crippen molar-refractivity contribution in [2.75, 3.05) is 11.9 Å². The van der Waals surface area contributed by atoms with Crippen molar-refractivity contribution in [3.63, 3.8) is 0 Å². The van der Waals surface area contributed by atoms with Crippen LogP contribution < -0.4 is 16.5 Å². The maximum atomic E-state index is 11.7. The van der Waals surface area contributed by atoms with Crippen molar-refractivity contribution in [2.45, 2.75) is 12.8 Å². The van der Waals surface area contributed by atoms with Gasteiger partial charge < -0.3 is 11.1 Å². The van der Waals surface area contributed by atoms with Crippen molar-refractivity contribution in [1.82, 2.24) is 5.48 Å². The van der Waals surface area contributed by atoms with E-state index in [4.69, 9.17) is 5.73 Å². The zero-order valence-corrected chi connectivity index (χ0v) is 10.1. The molecule has 0 radical (unpaired) electrons. The van der Waals surface area contributed by atoms with E-state index in [1.54, 1.807) is 18.2 Å². The molecule has 0 saturated carbocycles. The molecule has 1 aliphatic heterocycles. The van der Waals surface area contributed by atoms with E-state index in [9.17, 15) is 14.4 Å². The highest BCUT2D eigenvalue weighted by Gasteiger charge is 2.16. The Labute approximate surface area is 109 Å². The third-order valence-corrected chi connectivity index (χ3v) is 2.64. The topological polar surface area (TPSA) is 111 Å². The summed E-state index contributed by atoms with van der Waals surface area (Å²) >= 11 is 0. The summed E-state index contributed by atoms with van der Waals surface area (Å²) in [4.78, 5) is 38.0. The van der Waals surface area contributed by atoms with Crippen LogP contribution in [-0.2, 0) is 20.8 Å². The summed E-state index contributed by atoms with van der Waals surface area (Å²) in [6, 6.07) is 4.90. The van der Waals surface area contributed by atoms with Crippen molar-refractivity contribution in [3.05, 3.63) is 29.3 Å². The minimum Gasteiger partial charge on any atom is -0.368 e. The third kappa shape index (κ3) is 3.29. The molecule has 0 unspecified atom stereocenters. The highest BCUT2D eigenvalue weighted by molar-refractivity contribution is 5.97. The van der Waals surface area contributed by atoms with Crippen LogP contribution in [0.15, 0.2) is 18.2 Å². The van der Waals surface area contributed by atoms with Crippen LogP contribution in [0.4, 0.5) is 5.69 Å². The molecule has 0 fully saturated rings. The fourth-order valence-electron chi connectivity index (χ4n) is 1.76. The smallest absolute Gasteiger partial charge is 0.274 e. The Morgan fingerprint density at radius 2 is 2.16 bits per heavy atom. The molecule has 19 heavy (non-hydrogen) atoms.